The average molecular weight is 379 g/mol. The Morgan fingerprint density at radius 1 is 0.964 bits per heavy atom. The second-order valence-corrected chi connectivity index (χ2v) is 9.28. The van der Waals surface area contributed by atoms with Crippen molar-refractivity contribution in [2.45, 2.75) is 67.2 Å². The van der Waals surface area contributed by atoms with E-state index in [1.807, 2.05) is 19.1 Å². The molecule has 0 fully saturated rings. The second-order valence-electron chi connectivity index (χ2n) is 9.28. The predicted octanol–water partition coefficient (Wildman–Crippen LogP) is 7.11. The molecule has 0 aliphatic rings. The van der Waals surface area contributed by atoms with E-state index in [1.165, 1.54) is 22.3 Å². The first-order chi connectivity index (χ1) is 12.9. The number of aromatic carboxylic acids is 1. The molecule has 2 nitrogen and oxygen atoms in total. The summed E-state index contributed by atoms with van der Waals surface area (Å²) >= 11 is 0. The largest absolute Gasteiger partial charge is 0.478 e. The van der Waals surface area contributed by atoms with Gasteiger partial charge in [0.15, 0.2) is 0 Å². The molecular weight excluding hydrogens is 344 g/mol. The van der Waals surface area contributed by atoms with Gasteiger partial charge in [-0.1, -0.05) is 75.2 Å². The van der Waals surface area contributed by atoms with Gasteiger partial charge in [0.25, 0.3) is 0 Å². The van der Waals surface area contributed by atoms with Crippen molar-refractivity contribution in [2.75, 3.05) is 0 Å². The van der Waals surface area contributed by atoms with Crippen LogP contribution in [0.2, 0.25) is 0 Å². The number of hydrogen-bond acceptors (Lipinski definition) is 1. The quantitative estimate of drug-likeness (QED) is 0.602. The zero-order valence-corrected chi connectivity index (χ0v) is 18.6. The highest BCUT2D eigenvalue weighted by Crippen LogP contribution is 2.47. The normalized spacial score (nSPS) is 14.6. The third-order valence-electron chi connectivity index (χ3n) is 6.23. The number of carboxylic acid groups (broad SMARTS) is 1. The Kier molecular flexibility index (Phi) is 6.23. The first-order valence-corrected chi connectivity index (χ1v) is 9.97. The van der Waals surface area contributed by atoms with Crippen molar-refractivity contribution in [3.63, 3.8) is 0 Å². The molecule has 1 unspecified atom stereocenters. The lowest BCUT2D eigenvalue weighted by molar-refractivity contribution is 0.0696. The summed E-state index contributed by atoms with van der Waals surface area (Å²) in [6.45, 7) is 17.5. The molecule has 2 aromatic rings. The summed E-state index contributed by atoms with van der Waals surface area (Å²) in [5.74, 6) is -0.874. The lowest BCUT2D eigenvalue weighted by Gasteiger charge is -2.44. The Morgan fingerprint density at radius 2 is 1.54 bits per heavy atom. The smallest absolute Gasteiger partial charge is 0.335 e. The molecule has 0 aromatic heterocycles. The van der Waals surface area contributed by atoms with Crippen LogP contribution in [0.1, 0.15) is 79.2 Å². The van der Waals surface area contributed by atoms with E-state index in [9.17, 15) is 9.90 Å². The van der Waals surface area contributed by atoms with Gasteiger partial charge in [-0.15, -0.1) is 0 Å². The summed E-state index contributed by atoms with van der Waals surface area (Å²) in [5.41, 5.74) is 7.43. The predicted molar refractivity (Wildman–Crippen MR) is 119 cm³/mol. The standard InChI is InChI=1S/C26H34O2/c1-9-20(21-10-11-23(24(27)28)19(4)15-21)16-26(8,25(5,6)7)22-13-17(2)12-18(3)14-22/h9-15H,16H2,1-8H3,(H,27,28). The van der Waals surface area contributed by atoms with Crippen LogP contribution in [0.25, 0.3) is 5.57 Å². The average Bonchev–Trinajstić information content (AvgIpc) is 2.57. The zero-order chi connectivity index (χ0) is 21.3. The van der Waals surface area contributed by atoms with Gasteiger partial charge in [-0.05, 0) is 67.9 Å². The topological polar surface area (TPSA) is 37.3 Å². The molecule has 0 bridgehead atoms. The second kappa shape index (κ2) is 7.95. The molecule has 0 saturated carbocycles. The van der Waals surface area contributed by atoms with Crippen molar-refractivity contribution in [1.82, 2.24) is 0 Å². The molecule has 2 aromatic carbocycles. The Morgan fingerprint density at radius 3 is 1.96 bits per heavy atom. The molecule has 0 saturated heterocycles. The van der Waals surface area contributed by atoms with Crippen molar-refractivity contribution < 1.29 is 9.90 Å². The number of hydrogen-bond donors (Lipinski definition) is 1. The molecule has 0 spiro atoms. The maximum absolute atomic E-state index is 11.4. The van der Waals surface area contributed by atoms with E-state index in [2.05, 4.69) is 72.7 Å². The number of carbonyl (C=O) groups is 1. The maximum atomic E-state index is 11.4. The first kappa shape index (κ1) is 21.9. The molecule has 150 valence electrons. The Labute approximate surface area is 170 Å². The molecule has 0 radical (unpaired) electrons. The third-order valence-corrected chi connectivity index (χ3v) is 6.23. The zero-order valence-electron chi connectivity index (χ0n) is 18.6. The van der Waals surface area contributed by atoms with Crippen molar-refractivity contribution in [1.29, 1.82) is 0 Å². The minimum Gasteiger partial charge on any atom is -0.478 e. The van der Waals surface area contributed by atoms with Crippen LogP contribution in [0.4, 0.5) is 0 Å². The van der Waals surface area contributed by atoms with Crippen molar-refractivity contribution in [3.05, 3.63) is 75.9 Å². The Balaban J connectivity index is 2.54. The van der Waals surface area contributed by atoms with Crippen LogP contribution in [0.5, 0.6) is 0 Å². The molecule has 28 heavy (non-hydrogen) atoms. The molecule has 2 rings (SSSR count). The fraction of sp³-hybridized carbons (Fsp3) is 0.423. The molecular formula is C26H34O2. The van der Waals surface area contributed by atoms with Gasteiger partial charge in [-0.3, -0.25) is 0 Å². The molecule has 2 heteroatoms. The van der Waals surface area contributed by atoms with Gasteiger partial charge in [0.2, 0.25) is 0 Å². The van der Waals surface area contributed by atoms with Gasteiger partial charge in [0.1, 0.15) is 0 Å². The van der Waals surface area contributed by atoms with Gasteiger partial charge in [-0.25, -0.2) is 4.79 Å². The molecule has 1 atom stereocenters. The Hall–Kier alpha value is -2.35. The van der Waals surface area contributed by atoms with Crippen molar-refractivity contribution in [2.24, 2.45) is 5.41 Å². The fourth-order valence-electron chi connectivity index (χ4n) is 3.95. The minimum atomic E-state index is -0.874. The SMILES string of the molecule is CC=C(CC(C)(c1cc(C)cc(C)c1)C(C)(C)C)c1ccc(C(=O)O)c(C)c1. The van der Waals surface area contributed by atoms with E-state index in [1.54, 1.807) is 6.07 Å². The summed E-state index contributed by atoms with van der Waals surface area (Å²) in [6.07, 6.45) is 3.06. The highest BCUT2D eigenvalue weighted by atomic mass is 16.4. The highest BCUT2D eigenvalue weighted by molar-refractivity contribution is 5.90. The molecule has 0 aliphatic heterocycles. The van der Waals surface area contributed by atoms with Gasteiger partial charge in [0, 0.05) is 5.41 Å². The monoisotopic (exact) mass is 378 g/mol. The number of carboxylic acids is 1. The lowest BCUT2D eigenvalue weighted by atomic mass is 9.60. The number of rotatable bonds is 5. The number of benzene rings is 2. The highest BCUT2D eigenvalue weighted by Gasteiger charge is 2.39. The van der Waals surface area contributed by atoms with Crippen LogP contribution in [-0.4, -0.2) is 11.1 Å². The van der Waals surface area contributed by atoms with Crippen LogP contribution in [0.15, 0.2) is 42.5 Å². The van der Waals surface area contributed by atoms with Crippen LogP contribution in [0, 0.1) is 26.2 Å². The van der Waals surface area contributed by atoms with E-state index >= 15 is 0 Å². The fourth-order valence-corrected chi connectivity index (χ4v) is 3.95. The molecule has 1 N–H and O–H groups in total. The third kappa shape index (κ3) is 4.38. The Bertz CT molecular complexity index is 892. The summed E-state index contributed by atoms with van der Waals surface area (Å²) in [6, 6.07) is 12.5. The van der Waals surface area contributed by atoms with Gasteiger partial charge in [-0.2, -0.15) is 0 Å². The summed E-state index contributed by atoms with van der Waals surface area (Å²) in [5, 5.41) is 9.33. The molecule has 0 aliphatic carbocycles. The summed E-state index contributed by atoms with van der Waals surface area (Å²) in [7, 11) is 0. The van der Waals surface area contributed by atoms with Gasteiger partial charge >= 0.3 is 5.97 Å². The molecule has 0 heterocycles. The molecule has 0 amide bonds. The van der Waals surface area contributed by atoms with E-state index in [4.69, 9.17) is 0 Å². The van der Waals surface area contributed by atoms with E-state index in [0.717, 1.165) is 17.5 Å². The lowest BCUT2D eigenvalue weighted by Crippen LogP contribution is -2.37. The first-order valence-electron chi connectivity index (χ1n) is 9.97. The van der Waals surface area contributed by atoms with Crippen LogP contribution < -0.4 is 0 Å². The van der Waals surface area contributed by atoms with Gasteiger partial charge in [0.05, 0.1) is 5.56 Å². The number of allylic oxidation sites excluding steroid dienone is 2. The summed E-state index contributed by atoms with van der Waals surface area (Å²) < 4.78 is 0. The van der Waals surface area contributed by atoms with Crippen molar-refractivity contribution in [3.8, 4) is 0 Å². The van der Waals surface area contributed by atoms with Crippen LogP contribution in [0.3, 0.4) is 0 Å². The van der Waals surface area contributed by atoms with E-state index < -0.39 is 5.97 Å². The van der Waals surface area contributed by atoms with E-state index in [-0.39, 0.29) is 10.8 Å². The number of aryl methyl sites for hydroxylation is 3. The summed E-state index contributed by atoms with van der Waals surface area (Å²) in [4.78, 5) is 11.4. The minimum absolute atomic E-state index is 0.0531. The maximum Gasteiger partial charge on any atom is 0.335 e. The van der Waals surface area contributed by atoms with Gasteiger partial charge < -0.3 is 5.11 Å². The van der Waals surface area contributed by atoms with Crippen LogP contribution >= 0.6 is 0 Å². The van der Waals surface area contributed by atoms with Crippen LogP contribution in [-0.2, 0) is 5.41 Å². The van der Waals surface area contributed by atoms with E-state index in [0.29, 0.717) is 5.56 Å². The van der Waals surface area contributed by atoms with Crippen molar-refractivity contribution >= 4 is 11.5 Å².